The van der Waals surface area contributed by atoms with Gasteiger partial charge in [-0.2, -0.15) is 0 Å². The van der Waals surface area contributed by atoms with Gasteiger partial charge in [-0.1, -0.05) is 23.4 Å². The highest BCUT2D eigenvalue weighted by atomic mass is 16.5. The Hall–Kier alpha value is -2.30. The highest BCUT2D eigenvalue weighted by molar-refractivity contribution is 5.91. The Bertz CT molecular complexity index is 563. The Morgan fingerprint density at radius 1 is 1.32 bits per heavy atom. The number of aryl methyl sites for hydroxylation is 2. The zero-order valence-corrected chi connectivity index (χ0v) is 11.1. The highest BCUT2D eigenvalue weighted by Gasteiger charge is 2.05. The summed E-state index contributed by atoms with van der Waals surface area (Å²) in [4.78, 5) is 11.8. The average molecular weight is 259 g/mol. The lowest BCUT2D eigenvalue weighted by molar-refractivity contribution is -0.115. The first-order valence-electron chi connectivity index (χ1n) is 6.18. The van der Waals surface area contributed by atoms with Gasteiger partial charge in [0.05, 0.1) is 0 Å². The van der Waals surface area contributed by atoms with Crippen LogP contribution in [0.3, 0.4) is 0 Å². The molecule has 0 aliphatic heterocycles. The molecule has 0 spiro atoms. The van der Waals surface area contributed by atoms with Crippen LogP contribution in [0.25, 0.3) is 0 Å². The van der Waals surface area contributed by atoms with Crippen LogP contribution in [-0.2, 0) is 4.79 Å². The number of anilines is 2. The van der Waals surface area contributed by atoms with Gasteiger partial charge in [0, 0.05) is 24.7 Å². The van der Waals surface area contributed by atoms with Crippen LogP contribution >= 0.6 is 0 Å². The number of hydrogen-bond acceptors (Lipinski definition) is 4. The van der Waals surface area contributed by atoms with Crippen LogP contribution in [0.2, 0.25) is 0 Å². The minimum absolute atomic E-state index is 0.0259. The number of rotatable bonds is 5. The van der Waals surface area contributed by atoms with Crippen LogP contribution in [0.1, 0.15) is 17.7 Å². The maximum Gasteiger partial charge on any atom is 0.226 e. The van der Waals surface area contributed by atoms with Gasteiger partial charge in [0.1, 0.15) is 5.76 Å². The summed E-state index contributed by atoms with van der Waals surface area (Å²) in [5.41, 5.74) is 1.90. The summed E-state index contributed by atoms with van der Waals surface area (Å²) in [6, 6.07) is 9.49. The lowest BCUT2D eigenvalue weighted by Gasteiger charge is -2.08. The minimum Gasteiger partial charge on any atom is -0.367 e. The highest BCUT2D eigenvalue weighted by Crippen LogP contribution is 2.13. The second-order valence-corrected chi connectivity index (χ2v) is 4.36. The van der Waals surface area contributed by atoms with Crippen molar-refractivity contribution in [2.24, 2.45) is 0 Å². The maximum absolute atomic E-state index is 11.8. The maximum atomic E-state index is 11.8. The van der Waals surface area contributed by atoms with E-state index >= 15 is 0 Å². The molecule has 0 saturated carbocycles. The molecule has 0 aliphatic rings. The van der Waals surface area contributed by atoms with E-state index in [0.29, 0.717) is 18.8 Å². The van der Waals surface area contributed by atoms with Crippen molar-refractivity contribution < 1.29 is 9.32 Å². The molecule has 1 aromatic heterocycles. The lowest BCUT2D eigenvalue weighted by Crippen LogP contribution is -2.16. The number of aromatic nitrogens is 1. The number of carbonyl (C=O) groups excluding carboxylic acids is 1. The molecule has 2 rings (SSSR count). The van der Waals surface area contributed by atoms with E-state index in [1.165, 1.54) is 0 Å². The number of para-hydroxylation sites is 1. The number of hydrogen-bond donors (Lipinski definition) is 2. The van der Waals surface area contributed by atoms with Crippen LogP contribution < -0.4 is 10.6 Å². The summed E-state index contributed by atoms with van der Waals surface area (Å²) in [5, 5.41) is 9.70. The van der Waals surface area contributed by atoms with Crippen molar-refractivity contribution in [3.8, 4) is 0 Å². The standard InChI is InChI=1S/C14H17N3O2/c1-10-5-3-4-6-12(10)16-14(18)7-8-15-13-9-11(2)19-17-13/h3-6,9H,7-8H2,1-2H3,(H,15,17)(H,16,18). The molecule has 0 radical (unpaired) electrons. The van der Waals surface area contributed by atoms with Crippen molar-refractivity contribution in [2.75, 3.05) is 17.2 Å². The Balaban J connectivity index is 1.77. The largest absolute Gasteiger partial charge is 0.367 e. The molecule has 0 unspecified atom stereocenters. The van der Waals surface area contributed by atoms with E-state index in [9.17, 15) is 4.79 Å². The molecule has 0 fully saturated rings. The molecule has 1 amide bonds. The Morgan fingerprint density at radius 2 is 2.11 bits per heavy atom. The van der Waals surface area contributed by atoms with Gasteiger partial charge in [-0.15, -0.1) is 0 Å². The molecule has 1 heterocycles. The fourth-order valence-electron chi connectivity index (χ4n) is 1.68. The van der Waals surface area contributed by atoms with Gasteiger partial charge in [0.25, 0.3) is 0 Å². The fourth-order valence-corrected chi connectivity index (χ4v) is 1.68. The Kier molecular flexibility index (Phi) is 4.18. The zero-order valence-electron chi connectivity index (χ0n) is 11.1. The number of benzene rings is 1. The Labute approximate surface area is 112 Å². The number of carbonyl (C=O) groups is 1. The fraction of sp³-hybridized carbons (Fsp3) is 0.286. The van der Waals surface area contributed by atoms with Gasteiger partial charge < -0.3 is 15.2 Å². The number of nitrogens with zero attached hydrogens (tertiary/aromatic N) is 1. The second kappa shape index (κ2) is 6.04. The normalized spacial score (nSPS) is 10.2. The van der Waals surface area contributed by atoms with Crippen LogP contribution in [0.5, 0.6) is 0 Å². The molecular weight excluding hydrogens is 242 g/mol. The van der Waals surface area contributed by atoms with E-state index in [-0.39, 0.29) is 5.91 Å². The summed E-state index contributed by atoms with van der Waals surface area (Å²) in [6.07, 6.45) is 0.375. The van der Waals surface area contributed by atoms with Crippen molar-refractivity contribution in [3.63, 3.8) is 0 Å². The third-order valence-corrected chi connectivity index (χ3v) is 2.71. The van der Waals surface area contributed by atoms with Crippen molar-refractivity contribution in [2.45, 2.75) is 20.3 Å². The summed E-state index contributed by atoms with van der Waals surface area (Å²) >= 11 is 0. The molecule has 1 aromatic carbocycles. The first-order chi connectivity index (χ1) is 9.15. The molecule has 5 heteroatoms. The van der Waals surface area contributed by atoms with Crippen molar-refractivity contribution >= 4 is 17.4 Å². The summed E-state index contributed by atoms with van der Waals surface area (Å²) in [5.74, 6) is 1.37. The van der Waals surface area contributed by atoms with E-state index in [2.05, 4.69) is 15.8 Å². The average Bonchev–Trinajstić information content (AvgIpc) is 2.78. The number of amides is 1. The van der Waals surface area contributed by atoms with Crippen LogP contribution in [0.4, 0.5) is 11.5 Å². The van der Waals surface area contributed by atoms with E-state index in [1.54, 1.807) is 6.07 Å². The van der Waals surface area contributed by atoms with Gasteiger partial charge in [-0.25, -0.2) is 0 Å². The van der Waals surface area contributed by atoms with E-state index in [0.717, 1.165) is 17.0 Å². The van der Waals surface area contributed by atoms with Crippen molar-refractivity contribution in [1.29, 1.82) is 0 Å². The summed E-state index contributed by atoms with van der Waals surface area (Å²) in [7, 11) is 0. The predicted octanol–water partition coefficient (Wildman–Crippen LogP) is 2.73. The first kappa shape index (κ1) is 13.1. The van der Waals surface area contributed by atoms with E-state index in [1.807, 2.05) is 38.1 Å². The molecule has 0 saturated heterocycles. The third kappa shape index (κ3) is 3.84. The Morgan fingerprint density at radius 3 is 2.79 bits per heavy atom. The van der Waals surface area contributed by atoms with Crippen molar-refractivity contribution in [1.82, 2.24) is 5.16 Å². The lowest BCUT2D eigenvalue weighted by atomic mass is 10.2. The summed E-state index contributed by atoms with van der Waals surface area (Å²) in [6.45, 7) is 4.30. The third-order valence-electron chi connectivity index (χ3n) is 2.71. The SMILES string of the molecule is Cc1cc(NCCC(=O)Nc2ccccc2C)no1. The van der Waals surface area contributed by atoms with Crippen LogP contribution in [0.15, 0.2) is 34.9 Å². The molecule has 100 valence electrons. The summed E-state index contributed by atoms with van der Waals surface area (Å²) < 4.78 is 4.92. The van der Waals surface area contributed by atoms with Crippen molar-refractivity contribution in [3.05, 3.63) is 41.7 Å². The molecule has 19 heavy (non-hydrogen) atoms. The zero-order chi connectivity index (χ0) is 13.7. The van der Waals surface area contributed by atoms with Gasteiger partial charge in [-0.3, -0.25) is 4.79 Å². The van der Waals surface area contributed by atoms with Gasteiger partial charge in [0.15, 0.2) is 5.82 Å². The molecule has 0 atom stereocenters. The number of nitrogens with one attached hydrogen (secondary N) is 2. The molecule has 5 nitrogen and oxygen atoms in total. The van der Waals surface area contributed by atoms with Crippen LogP contribution in [0, 0.1) is 13.8 Å². The smallest absolute Gasteiger partial charge is 0.226 e. The molecule has 0 aliphatic carbocycles. The minimum atomic E-state index is -0.0259. The van der Waals surface area contributed by atoms with Gasteiger partial charge in [-0.05, 0) is 25.5 Å². The van der Waals surface area contributed by atoms with E-state index in [4.69, 9.17) is 4.52 Å². The van der Waals surface area contributed by atoms with Crippen LogP contribution in [-0.4, -0.2) is 17.6 Å². The monoisotopic (exact) mass is 259 g/mol. The predicted molar refractivity (Wildman–Crippen MR) is 74.2 cm³/mol. The molecule has 2 N–H and O–H groups in total. The molecule has 2 aromatic rings. The van der Waals surface area contributed by atoms with Gasteiger partial charge >= 0.3 is 0 Å². The first-order valence-corrected chi connectivity index (χ1v) is 6.18. The molecule has 0 bridgehead atoms. The van der Waals surface area contributed by atoms with E-state index < -0.39 is 0 Å². The topological polar surface area (TPSA) is 67.2 Å². The quantitative estimate of drug-likeness (QED) is 0.866. The molecular formula is C14H17N3O2. The van der Waals surface area contributed by atoms with Gasteiger partial charge in [0.2, 0.25) is 5.91 Å². The second-order valence-electron chi connectivity index (χ2n) is 4.36.